The molecule has 0 fully saturated rings. The van der Waals surface area contributed by atoms with Gasteiger partial charge in [-0.3, -0.25) is 4.79 Å². The average molecular weight is 475 g/mol. The van der Waals surface area contributed by atoms with Crippen LogP contribution in [0.15, 0.2) is 68.9 Å². The first-order valence-corrected chi connectivity index (χ1v) is 10.4. The van der Waals surface area contributed by atoms with Crippen LogP contribution in [0.1, 0.15) is 10.4 Å². The number of rotatable bonds is 6. The number of hydrogen-bond acceptors (Lipinski definition) is 6. The molecule has 10 nitrogen and oxygen atoms in total. The van der Waals surface area contributed by atoms with Crippen LogP contribution in [-0.4, -0.2) is 34.4 Å². The van der Waals surface area contributed by atoms with Gasteiger partial charge in [0.25, 0.3) is 0 Å². The molecular formula is C23H17N5O5S. The highest BCUT2D eigenvalue weighted by molar-refractivity contribution is 7.80. The quantitative estimate of drug-likeness (QED) is 0.0788. The predicted molar refractivity (Wildman–Crippen MR) is 131 cm³/mol. The van der Waals surface area contributed by atoms with Crippen molar-refractivity contribution >= 4 is 40.0 Å². The third-order valence-corrected chi connectivity index (χ3v) is 5.26. The van der Waals surface area contributed by atoms with Gasteiger partial charge in [-0.15, -0.1) is 0 Å². The van der Waals surface area contributed by atoms with Crippen molar-refractivity contribution in [3.63, 3.8) is 0 Å². The molecule has 2 aliphatic rings. The summed E-state index contributed by atoms with van der Waals surface area (Å²) in [5.74, 6) is -0.925. The van der Waals surface area contributed by atoms with Gasteiger partial charge in [-0.1, -0.05) is 11.2 Å². The second-order valence-electron chi connectivity index (χ2n) is 7.22. The molecule has 0 atom stereocenters. The standard InChI is InChI=1S/C23H17N5O5S/c24-28-26-8-7-25-23(34)27-12-1-4-15(18(9-12)22(31)32)21-16-5-2-13(29)10-19(16)33-20-11-14(30)3-6-17(20)21/h1-6,9-11,29H,7-8H2,(H,31,32)(H2,25,27,34). The van der Waals surface area contributed by atoms with Gasteiger partial charge < -0.3 is 25.3 Å². The molecule has 1 heterocycles. The van der Waals surface area contributed by atoms with Crippen molar-refractivity contribution in [2.45, 2.75) is 0 Å². The van der Waals surface area contributed by atoms with E-state index in [1.54, 1.807) is 24.3 Å². The molecule has 1 aliphatic heterocycles. The van der Waals surface area contributed by atoms with E-state index in [0.717, 1.165) is 0 Å². The molecular weight excluding hydrogens is 458 g/mol. The van der Waals surface area contributed by atoms with Crippen LogP contribution < -0.4 is 16.1 Å². The molecule has 34 heavy (non-hydrogen) atoms. The maximum atomic E-state index is 12.2. The molecule has 11 heteroatoms. The fourth-order valence-electron chi connectivity index (χ4n) is 3.61. The summed E-state index contributed by atoms with van der Waals surface area (Å²) in [6.07, 6.45) is 0. The van der Waals surface area contributed by atoms with Gasteiger partial charge in [-0.2, -0.15) is 0 Å². The lowest BCUT2D eigenvalue weighted by atomic mass is 9.90. The first-order chi connectivity index (χ1) is 16.4. The number of fused-ring (bicyclic) bond motifs is 2. The Morgan fingerprint density at radius 1 is 1.12 bits per heavy atom. The molecule has 0 radical (unpaired) electrons. The lowest BCUT2D eigenvalue weighted by molar-refractivity contribution is 0.0697. The Hall–Kier alpha value is -4.60. The van der Waals surface area contributed by atoms with E-state index in [1.807, 2.05) is 0 Å². The first-order valence-electron chi connectivity index (χ1n) is 10.0. The second kappa shape index (κ2) is 9.49. The molecule has 0 bridgehead atoms. The summed E-state index contributed by atoms with van der Waals surface area (Å²) in [6, 6.07) is 13.6. The summed E-state index contributed by atoms with van der Waals surface area (Å²) in [7, 11) is 0. The molecule has 0 saturated heterocycles. The lowest BCUT2D eigenvalue weighted by Crippen LogP contribution is -2.30. The van der Waals surface area contributed by atoms with Crippen molar-refractivity contribution < 1.29 is 19.4 Å². The van der Waals surface area contributed by atoms with Crippen molar-refractivity contribution in [2.75, 3.05) is 18.4 Å². The normalized spacial score (nSPS) is 10.6. The zero-order valence-electron chi connectivity index (χ0n) is 17.5. The van der Waals surface area contributed by atoms with Gasteiger partial charge in [0, 0.05) is 52.3 Å². The predicted octanol–water partition coefficient (Wildman–Crippen LogP) is 4.57. The van der Waals surface area contributed by atoms with Crippen LogP contribution in [0.25, 0.3) is 43.9 Å². The number of carbonyl (C=O) groups is 1. The van der Waals surface area contributed by atoms with Crippen LogP contribution >= 0.6 is 12.2 Å². The number of carboxylic acids is 1. The minimum atomic E-state index is -1.16. The van der Waals surface area contributed by atoms with Crippen molar-refractivity contribution in [2.24, 2.45) is 5.11 Å². The lowest BCUT2D eigenvalue weighted by Gasteiger charge is -2.18. The number of carboxylic acid groups (broad SMARTS) is 1. The number of benzene rings is 3. The summed E-state index contributed by atoms with van der Waals surface area (Å²) >= 11 is 5.20. The van der Waals surface area contributed by atoms with Gasteiger partial charge >= 0.3 is 5.97 Å². The second-order valence-corrected chi connectivity index (χ2v) is 7.62. The molecule has 0 aromatic heterocycles. The van der Waals surface area contributed by atoms with Crippen molar-refractivity contribution in [1.29, 1.82) is 0 Å². The molecule has 4 rings (SSSR count). The summed E-state index contributed by atoms with van der Waals surface area (Å²) in [5, 5.41) is 29.9. The molecule has 0 spiro atoms. The van der Waals surface area contributed by atoms with Crippen molar-refractivity contribution in [1.82, 2.24) is 5.32 Å². The smallest absolute Gasteiger partial charge is 0.336 e. The number of phenolic OH excluding ortho intramolecular Hbond substituents is 1. The molecule has 1 aliphatic carbocycles. The zero-order chi connectivity index (χ0) is 24.2. The van der Waals surface area contributed by atoms with Gasteiger partial charge in [0.2, 0.25) is 0 Å². The van der Waals surface area contributed by atoms with Gasteiger partial charge in [0.05, 0.1) is 5.56 Å². The Labute approximate surface area is 197 Å². The van der Waals surface area contributed by atoms with Crippen LogP contribution in [0.4, 0.5) is 5.69 Å². The van der Waals surface area contributed by atoms with E-state index < -0.39 is 5.97 Å². The highest BCUT2D eigenvalue weighted by Gasteiger charge is 2.22. The largest absolute Gasteiger partial charge is 0.508 e. The van der Waals surface area contributed by atoms with E-state index in [1.165, 1.54) is 30.3 Å². The molecule has 170 valence electrons. The maximum Gasteiger partial charge on any atom is 0.336 e. The van der Waals surface area contributed by atoms with Crippen LogP contribution in [0, 0.1) is 0 Å². The average Bonchev–Trinajstić information content (AvgIpc) is 2.80. The van der Waals surface area contributed by atoms with Crippen LogP contribution in [0.3, 0.4) is 0 Å². The zero-order valence-corrected chi connectivity index (χ0v) is 18.3. The Morgan fingerprint density at radius 3 is 2.68 bits per heavy atom. The number of aromatic hydroxyl groups is 1. The van der Waals surface area contributed by atoms with E-state index in [2.05, 4.69) is 20.7 Å². The van der Waals surface area contributed by atoms with E-state index in [4.69, 9.17) is 22.2 Å². The van der Waals surface area contributed by atoms with Gasteiger partial charge in [-0.25, -0.2) is 4.79 Å². The molecule has 0 unspecified atom stereocenters. The van der Waals surface area contributed by atoms with Gasteiger partial charge in [0.15, 0.2) is 10.5 Å². The summed E-state index contributed by atoms with van der Waals surface area (Å²) in [5.41, 5.74) is 10.3. The maximum absolute atomic E-state index is 12.2. The van der Waals surface area contributed by atoms with E-state index in [9.17, 15) is 19.8 Å². The van der Waals surface area contributed by atoms with Gasteiger partial charge in [-0.05, 0) is 59.7 Å². The number of anilines is 1. The monoisotopic (exact) mass is 475 g/mol. The van der Waals surface area contributed by atoms with Crippen LogP contribution in [0.5, 0.6) is 5.75 Å². The Morgan fingerprint density at radius 2 is 1.91 bits per heavy atom. The van der Waals surface area contributed by atoms with Crippen LogP contribution in [0.2, 0.25) is 0 Å². The van der Waals surface area contributed by atoms with E-state index in [-0.39, 0.29) is 34.2 Å². The Bertz CT molecular complexity index is 1510. The van der Waals surface area contributed by atoms with Crippen molar-refractivity contribution in [3.8, 4) is 28.2 Å². The molecule has 2 aromatic carbocycles. The Balaban J connectivity index is 1.83. The summed E-state index contributed by atoms with van der Waals surface area (Å²) in [6.45, 7) is 0.525. The fourth-order valence-corrected chi connectivity index (χ4v) is 3.83. The number of nitrogens with zero attached hydrogens (tertiary/aromatic N) is 3. The molecule has 4 N–H and O–H groups in total. The summed E-state index contributed by atoms with van der Waals surface area (Å²) in [4.78, 5) is 26.8. The highest BCUT2D eigenvalue weighted by atomic mass is 32.1. The topological polar surface area (TPSA) is 161 Å². The van der Waals surface area contributed by atoms with E-state index in [0.29, 0.717) is 39.9 Å². The first kappa shape index (κ1) is 22.6. The fraction of sp³-hybridized carbons (Fsp3) is 0.0870. The molecule has 0 amide bonds. The summed E-state index contributed by atoms with van der Waals surface area (Å²) < 4.78 is 5.83. The Kier molecular flexibility index (Phi) is 6.30. The number of aromatic carboxylic acids is 1. The SMILES string of the molecule is [N-]=[N+]=NCCNC(=S)Nc1ccc(-c2c3ccc(=O)cc-3oc3cc(O)ccc23)c(C(=O)O)c1. The number of phenols is 1. The number of thiocarbonyl (C=S) groups is 1. The third-order valence-electron chi connectivity index (χ3n) is 5.01. The number of azide groups is 1. The molecule has 2 aromatic rings. The minimum absolute atomic E-state index is 0.00467. The number of hydrogen-bond donors (Lipinski definition) is 4. The van der Waals surface area contributed by atoms with Crippen LogP contribution in [-0.2, 0) is 0 Å². The number of nitrogens with one attached hydrogen (secondary N) is 2. The third kappa shape index (κ3) is 4.60. The van der Waals surface area contributed by atoms with Crippen molar-refractivity contribution in [3.05, 3.63) is 80.8 Å². The molecule has 0 saturated carbocycles. The minimum Gasteiger partial charge on any atom is -0.508 e. The van der Waals surface area contributed by atoms with E-state index >= 15 is 0 Å². The van der Waals surface area contributed by atoms with Gasteiger partial charge in [0.1, 0.15) is 17.1 Å². The highest BCUT2D eigenvalue weighted by Crippen LogP contribution is 2.42.